The Hall–Kier alpha value is -3.30. The Morgan fingerprint density at radius 1 is 1.14 bits per heavy atom. The molecule has 0 bridgehead atoms. The summed E-state index contributed by atoms with van der Waals surface area (Å²) >= 11 is 0. The quantitative estimate of drug-likeness (QED) is 0.689. The summed E-state index contributed by atoms with van der Waals surface area (Å²) in [7, 11) is 0. The van der Waals surface area contributed by atoms with Gasteiger partial charge >= 0.3 is 0 Å². The van der Waals surface area contributed by atoms with Crippen LogP contribution in [0.5, 0.6) is 0 Å². The smallest absolute Gasteiger partial charge is 0.248 e. The van der Waals surface area contributed by atoms with Gasteiger partial charge in [-0.3, -0.25) is 4.79 Å². The van der Waals surface area contributed by atoms with Gasteiger partial charge in [0.25, 0.3) is 0 Å². The number of hydrogen-bond acceptors (Lipinski definition) is 2. The number of rotatable bonds is 3. The molecule has 0 atom stereocenters. The molecule has 2 rings (SSSR count). The monoisotopic (exact) mass is 272 g/mol. The molecule has 1 N–H and O–H groups in total. The number of benzene rings is 2. The van der Waals surface area contributed by atoms with Gasteiger partial charge in [-0.25, -0.2) is 0 Å². The summed E-state index contributed by atoms with van der Waals surface area (Å²) in [6, 6.07) is 16.1. The summed E-state index contributed by atoms with van der Waals surface area (Å²) < 4.78 is 0. The molecule has 3 nitrogen and oxygen atoms in total. The van der Waals surface area contributed by atoms with Crippen molar-refractivity contribution in [1.29, 1.82) is 5.26 Å². The van der Waals surface area contributed by atoms with E-state index >= 15 is 0 Å². The molecule has 1 amide bonds. The Morgan fingerprint density at radius 3 is 2.57 bits per heavy atom. The fraction of sp³-hybridized carbons (Fsp3) is 0. The minimum atomic E-state index is -0.242. The summed E-state index contributed by atoms with van der Waals surface area (Å²) in [5.41, 5.74) is 2.80. The van der Waals surface area contributed by atoms with Gasteiger partial charge in [0.1, 0.15) is 0 Å². The lowest BCUT2D eigenvalue weighted by atomic mass is 10.1. The zero-order valence-corrected chi connectivity index (χ0v) is 11.2. The number of nitrogens with zero attached hydrogens (tertiary/aromatic N) is 1. The van der Waals surface area contributed by atoms with Crippen molar-refractivity contribution in [2.45, 2.75) is 0 Å². The number of hydrogen-bond donors (Lipinski definition) is 1. The Balaban J connectivity index is 2.02. The molecule has 0 unspecified atom stereocenters. The number of nitriles is 1. The van der Waals surface area contributed by atoms with Crippen molar-refractivity contribution < 1.29 is 4.79 Å². The average molecular weight is 272 g/mol. The van der Waals surface area contributed by atoms with Gasteiger partial charge in [0.15, 0.2) is 0 Å². The SMILES string of the molecule is C#Cc1cccc(NC(=O)/C=C/c2ccc(C#N)cc2)c1. The van der Waals surface area contributed by atoms with Crippen LogP contribution < -0.4 is 5.32 Å². The normalized spacial score (nSPS) is 9.81. The van der Waals surface area contributed by atoms with Crippen LogP contribution in [-0.4, -0.2) is 5.91 Å². The third-order valence-electron chi connectivity index (χ3n) is 2.76. The van der Waals surface area contributed by atoms with Gasteiger partial charge in [0.05, 0.1) is 11.6 Å². The second kappa shape index (κ2) is 6.75. The predicted octanol–water partition coefficient (Wildman–Crippen LogP) is 3.19. The third-order valence-corrected chi connectivity index (χ3v) is 2.76. The van der Waals surface area contributed by atoms with Crippen molar-refractivity contribution in [3.05, 3.63) is 71.3 Å². The largest absolute Gasteiger partial charge is 0.322 e. The second-order valence-corrected chi connectivity index (χ2v) is 4.28. The minimum Gasteiger partial charge on any atom is -0.322 e. The van der Waals surface area contributed by atoms with Gasteiger partial charge in [-0.15, -0.1) is 6.42 Å². The number of anilines is 1. The topological polar surface area (TPSA) is 52.9 Å². The molecule has 0 aliphatic rings. The van der Waals surface area contributed by atoms with Gasteiger partial charge in [-0.1, -0.05) is 24.1 Å². The van der Waals surface area contributed by atoms with Crippen LogP contribution in [0.2, 0.25) is 0 Å². The fourth-order valence-corrected chi connectivity index (χ4v) is 1.71. The van der Waals surface area contributed by atoms with Crippen molar-refractivity contribution >= 4 is 17.7 Å². The van der Waals surface area contributed by atoms with E-state index in [9.17, 15) is 4.79 Å². The molecule has 0 aromatic heterocycles. The van der Waals surface area contributed by atoms with E-state index in [1.165, 1.54) is 6.08 Å². The van der Waals surface area contributed by atoms with E-state index in [0.29, 0.717) is 16.8 Å². The van der Waals surface area contributed by atoms with E-state index in [2.05, 4.69) is 11.2 Å². The Kier molecular flexibility index (Phi) is 4.54. The van der Waals surface area contributed by atoms with Crippen molar-refractivity contribution in [2.75, 3.05) is 5.32 Å². The summed E-state index contributed by atoms with van der Waals surface area (Å²) in [6.07, 6.45) is 8.42. The first-order valence-electron chi connectivity index (χ1n) is 6.27. The second-order valence-electron chi connectivity index (χ2n) is 4.28. The summed E-state index contributed by atoms with van der Waals surface area (Å²) in [5, 5.41) is 11.4. The molecule has 0 aliphatic carbocycles. The van der Waals surface area contributed by atoms with E-state index in [4.69, 9.17) is 11.7 Å². The van der Waals surface area contributed by atoms with Crippen molar-refractivity contribution in [3.63, 3.8) is 0 Å². The average Bonchev–Trinajstić information content (AvgIpc) is 2.53. The zero-order valence-electron chi connectivity index (χ0n) is 11.2. The fourth-order valence-electron chi connectivity index (χ4n) is 1.71. The lowest BCUT2D eigenvalue weighted by Crippen LogP contribution is -2.07. The molecule has 0 heterocycles. The zero-order chi connectivity index (χ0) is 15.1. The molecule has 2 aromatic rings. The third kappa shape index (κ3) is 4.09. The Labute approximate surface area is 123 Å². The maximum atomic E-state index is 11.8. The van der Waals surface area contributed by atoms with Crippen LogP contribution in [0.3, 0.4) is 0 Å². The molecule has 100 valence electrons. The highest BCUT2D eigenvalue weighted by Gasteiger charge is 1.98. The van der Waals surface area contributed by atoms with Crippen molar-refractivity contribution in [1.82, 2.24) is 0 Å². The minimum absolute atomic E-state index is 0.242. The highest BCUT2D eigenvalue weighted by Crippen LogP contribution is 2.10. The molecule has 0 saturated heterocycles. The van der Waals surface area contributed by atoms with Crippen LogP contribution in [0.1, 0.15) is 16.7 Å². The molecule has 3 heteroatoms. The molecular formula is C18H12N2O. The highest BCUT2D eigenvalue weighted by atomic mass is 16.1. The summed E-state index contributed by atoms with van der Waals surface area (Å²) in [4.78, 5) is 11.8. The van der Waals surface area contributed by atoms with Crippen LogP contribution in [0.25, 0.3) is 6.08 Å². The van der Waals surface area contributed by atoms with Crippen LogP contribution in [0, 0.1) is 23.7 Å². The predicted molar refractivity (Wildman–Crippen MR) is 83.2 cm³/mol. The first kappa shape index (κ1) is 14.1. The van der Waals surface area contributed by atoms with E-state index in [1.54, 1.807) is 54.6 Å². The maximum Gasteiger partial charge on any atom is 0.248 e. The standard InChI is InChI=1S/C18H12N2O/c1-2-14-4-3-5-17(12-14)20-18(21)11-10-15-6-8-16(13-19)9-7-15/h1,3-12H,(H,20,21)/b11-10+. The lowest BCUT2D eigenvalue weighted by molar-refractivity contribution is -0.111. The van der Waals surface area contributed by atoms with Crippen LogP contribution in [0.4, 0.5) is 5.69 Å². The van der Waals surface area contributed by atoms with E-state index < -0.39 is 0 Å². The van der Waals surface area contributed by atoms with Gasteiger partial charge < -0.3 is 5.32 Å². The van der Waals surface area contributed by atoms with Gasteiger partial charge in [0.2, 0.25) is 5.91 Å². The molecule has 0 fully saturated rings. The van der Waals surface area contributed by atoms with Gasteiger partial charge in [-0.05, 0) is 42.0 Å². The van der Waals surface area contributed by atoms with Crippen molar-refractivity contribution in [3.8, 4) is 18.4 Å². The van der Waals surface area contributed by atoms with Crippen LogP contribution >= 0.6 is 0 Å². The molecule has 2 aromatic carbocycles. The molecule has 0 radical (unpaired) electrons. The maximum absolute atomic E-state index is 11.8. The Morgan fingerprint density at radius 2 is 1.90 bits per heavy atom. The Bertz CT molecular complexity index is 759. The van der Waals surface area contributed by atoms with Gasteiger partial charge in [-0.2, -0.15) is 5.26 Å². The number of nitrogens with one attached hydrogen (secondary N) is 1. The summed E-state index contributed by atoms with van der Waals surface area (Å²) in [5.74, 6) is 2.27. The molecular weight excluding hydrogens is 260 g/mol. The lowest BCUT2D eigenvalue weighted by Gasteiger charge is -2.02. The number of terminal acetylenes is 1. The molecule has 0 saturated carbocycles. The number of carbonyl (C=O) groups excluding carboxylic acids is 1. The van der Waals surface area contributed by atoms with Gasteiger partial charge in [0, 0.05) is 17.3 Å². The van der Waals surface area contributed by atoms with E-state index in [-0.39, 0.29) is 5.91 Å². The summed E-state index contributed by atoms with van der Waals surface area (Å²) in [6.45, 7) is 0. The molecule has 0 aliphatic heterocycles. The van der Waals surface area contributed by atoms with E-state index in [0.717, 1.165) is 5.56 Å². The van der Waals surface area contributed by atoms with Crippen molar-refractivity contribution in [2.24, 2.45) is 0 Å². The van der Waals surface area contributed by atoms with Crippen LogP contribution in [0.15, 0.2) is 54.6 Å². The van der Waals surface area contributed by atoms with Crippen LogP contribution in [-0.2, 0) is 4.79 Å². The number of amides is 1. The highest BCUT2D eigenvalue weighted by molar-refractivity contribution is 6.02. The first-order valence-corrected chi connectivity index (χ1v) is 6.27. The number of carbonyl (C=O) groups is 1. The van der Waals surface area contributed by atoms with E-state index in [1.807, 2.05) is 6.07 Å². The molecule has 0 spiro atoms. The molecule has 21 heavy (non-hydrogen) atoms. The first-order chi connectivity index (χ1) is 10.2.